The third-order valence-electron chi connectivity index (χ3n) is 8.19. The van der Waals surface area contributed by atoms with E-state index in [0.29, 0.717) is 6.61 Å². The fourth-order valence-corrected chi connectivity index (χ4v) is 10.7. The standard InChI is InChI=1S/C37H35BN2OSi/c1-2-41-32-23-25-35(26-24-32)42(33-19-11-5-12-20-33,34-21-13-6-14-22-34)29-40-28-27-39-37(40)38-36(30-15-7-3-8-16-30)31-17-9-4-10-18-31/h3-28,36,38H,2,29H2,1H3. The van der Waals surface area contributed by atoms with Gasteiger partial charge in [-0.15, -0.1) is 0 Å². The minimum Gasteiger partial charge on any atom is -0.494 e. The van der Waals surface area contributed by atoms with E-state index in [-0.39, 0.29) is 5.82 Å². The number of ether oxygens (including phenoxy) is 1. The van der Waals surface area contributed by atoms with Crippen LogP contribution in [0.2, 0.25) is 0 Å². The molecule has 1 heterocycles. The molecule has 0 unspecified atom stereocenters. The molecule has 0 aliphatic rings. The smallest absolute Gasteiger partial charge is 0.217 e. The second-order valence-electron chi connectivity index (χ2n) is 10.6. The second-order valence-corrected chi connectivity index (χ2v) is 14.5. The molecule has 0 radical (unpaired) electrons. The highest BCUT2D eigenvalue weighted by atomic mass is 28.3. The molecule has 6 rings (SSSR count). The lowest BCUT2D eigenvalue weighted by molar-refractivity contribution is 0.340. The van der Waals surface area contributed by atoms with Gasteiger partial charge in [0, 0.05) is 18.6 Å². The highest BCUT2D eigenvalue weighted by Gasteiger charge is 2.40. The minimum absolute atomic E-state index is 0.212. The Bertz CT molecular complexity index is 1600. The number of imidazole rings is 1. The first-order valence-electron chi connectivity index (χ1n) is 14.7. The van der Waals surface area contributed by atoms with E-state index < -0.39 is 8.07 Å². The maximum atomic E-state index is 5.84. The van der Waals surface area contributed by atoms with Crippen LogP contribution in [-0.2, 0) is 6.17 Å². The summed E-state index contributed by atoms with van der Waals surface area (Å²) in [5, 5.41) is 4.11. The van der Waals surface area contributed by atoms with Crippen molar-refractivity contribution < 1.29 is 4.74 Å². The Morgan fingerprint density at radius 1 is 0.643 bits per heavy atom. The van der Waals surface area contributed by atoms with E-state index in [9.17, 15) is 0 Å². The third-order valence-corrected chi connectivity index (χ3v) is 13.0. The summed E-state index contributed by atoms with van der Waals surface area (Å²) in [6.45, 7) is 2.68. The Labute approximate surface area is 250 Å². The lowest BCUT2D eigenvalue weighted by atomic mass is 9.58. The van der Waals surface area contributed by atoms with Crippen molar-refractivity contribution in [1.29, 1.82) is 0 Å². The Morgan fingerprint density at radius 2 is 1.12 bits per heavy atom. The number of nitrogens with zero attached hydrogens (tertiary/aromatic N) is 2. The monoisotopic (exact) mass is 562 g/mol. The predicted molar refractivity (Wildman–Crippen MR) is 179 cm³/mol. The number of benzene rings is 5. The Hall–Kier alpha value is -4.61. The summed E-state index contributed by atoms with van der Waals surface area (Å²) in [4.78, 5) is 4.98. The van der Waals surface area contributed by atoms with E-state index in [1.165, 1.54) is 26.7 Å². The predicted octanol–water partition coefficient (Wildman–Crippen LogP) is 4.84. The molecule has 206 valence electrons. The number of rotatable bonds is 11. The largest absolute Gasteiger partial charge is 0.494 e. The summed E-state index contributed by atoms with van der Waals surface area (Å²) in [6.07, 6.45) is 4.99. The van der Waals surface area contributed by atoms with E-state index in [0.717, 1.165) is 24.9 Å². The minimum atomic E-state index is -2.55. The average molecular weight is 563 g/mol. The molecule has 0 N–H and O–H groups in total. The molecule has 6 aromatic rings. The van der Waals surface area contributed by atoms with E-state index in [1.807, 2.05) is 13.1 Å². The van der Waals surface area contributed by atoms with Gasteiger partial charge in [0.2, 0.25) is 7.28 Å². The summed E-state index contributed by atoms with van der Waals surface area (Å²) in [6, 6.07) is 52.6. The highest BCUT2D eigenvalue weighted by molar-refractivity contribution is 7.10. The topological polar surface area (TPSA) is 27.1 Å². The first-order chi connectivity index (χ1) is 20.8. The van der Waals surface area contributed by atoms with Crippen LogP contribution in [0, 0.1) is 0 Å². The molecule has 0 amide bonds. The van der Waals surface area contributed by atoms with E-state index in [4.69, 9.17) is 9.72 Å². The lowest BCUT2D eigenvalue weighted by Crippen LogP contribution is -2.70. The van der Waals surface area contributed by atoms with Crippen molar-refractivity contribution >= 4 is 36.6 Å². The van der Waals surface area contributed by atoms with Crippen molar-refractivity contribution in [1.82, 2.24) is 9.55 Å². The van der Waals surface area contributed by atoms with E-state index in [1.54, 1.807) is 0 Å². The maximum absolute atomic E-state index is 5.84. The van der Waals surface area contributed by atoms with Crippen LogP contribution in [0.1, 0.15) is 23.9 Å². The van der Waals surface area contributed by atoms with Crippen LogP contribution in [0.5, 0.6) is 5.75 Å². The van der Waals surface area contributed by atoms with Crippen LogP contribution < -0.4 is 26.0 Å². The number of aromatic nitrogens is 2. The fraction of sp³-hybridized carbons (Fsp3) is 0.108. The van der Waals surface area contributed by atoms with Crippen LogP contribution in [-0.4, -0.2) is 31.5 Å². The molecule has 0 bridgehead atoms. The van der Waals surface area contributed by atoms with Crippen LogP contribution in [0.4, 0.5) is 0 Å². The molecule has 0 saturated carbocycles. The first-order valence-corrected chi connectivity index (χ1v) is 16.9. The molecule has 0 atom stereocenters. The molecule has 0 aliphatic heterocycles. The van der Waals surface area contributed by atoms with Gasteiger partial charge in [-0.3, -0.25) is 4.98 Å². The van der Waals surface area contributed by atoms with Gasteiger partial charge in [0.1, 0.15) is 5.75 Å². The third kappa shape index (κ3) is 5.74. The zero-order valence-corrected chi connectivity index (χ0v) is 25.0. The molecule has 0 aliphatic carbocycles. The van der Waals surface area contributed by atoms with Gasteiger partial charge < -0.3 is 9.30 Å². The summed E-state index contributed by atoms with van der Waals surface area (Å²) in [5.41, 5.74) is 3.71. The van der Waals surface area contributed by atoms with Crippen molar-refractivity contribution in [3.63, 3.8) is 0 Å². The normalized spacial score (nSPS) is 11.4. The van der Waals surface area contributed by atoms with Crippen molar-refractivity contribution in [3.8, 4) is 5.75 Å². The molecular formula is C37H35BN2OSi. The maximum Gasteiger partial charge on any atom is 0.217 e. The molecule has 5 heteroatoms. The number of hydrogen-bond donors (Lipinski definition) is 0. The highest BCUT2D eigenvalue weighted by Crippen LogP contribution is 2.23. The van der Waals surface area contributed by atoms with Gasteiger partial charge in [-0.25, -0.2) is 0 Å². The summed E-state index contributed by atoms with van der Waals surface area (Å²) >= 11 is 0. The molecule has 0 spiro atoms. The van der Waals surface area contributed by atoms with Crippen molar-refractivity contribution in [3.05, 3.63) is 169 Å². The van der Waals surface area contributed by atoms with Crippen LogP contribution in [0.15, 0.2) is 158 Å². The molecule has 42 heavy (non-hydrogen) atoms. The van der Waals surface area contributed by atoms with Crippen molar-refractivity contribution in [2.75, 3.05) is 6.61 Å². The van der Waals surface area contributed by atoms with Crippen LogP contribution in [0.3, 0.4) is 0 Å². The zero-order chi connectivity index (χ0) is 28.6. The van der Waals surface area contributed by atoms with Gasteiger partial charge in [-0.05, 0) is 51.6 Å². The summed E-state index contributed by atoms with van der Waals surface area (Å²) in [5.74, 6) is 1.12. The van der Waals surface area contributed by atoms with Gasteiger partial charge in [-0.2, -0.15) is 0 Å². The van der Waals surface area contributed by atoms with Crippen molar-refractivity contribution in [2.45, 2.75) is 18.9 Å². The van der Waals surface area contributed by atoms with Crippen LogP contribution in [0.25, 0.3) is 0 Å². The zero-order valence-electron chi connectivity index (χ0n) is 24.0. The first kappa shape index (κ1) is 27.6. The molecule has 0 saturated heterocycles. The number of hydrogen-bond acceptors (Lipinski definition) is 2. The van der Waals surface area contributed by atoms with Gasteiger partial charge in [0.05, 0.1) is 12.3 Å². The van der Waals surface area contributed by atoms with E-state index >= 15 is 0 Å². The van der Waals surface area contributed by atoms with Crippen molar-refractivity contribution in [2.24, 2.45) is 0 Å². The fourth-order valence-electron chi connectivity index (χ4n) is 6.13. The second kappa shape index (κ2) is 12.9. The Kier molecular flexibility index (Phi) is 8.48. The Morgan fingerprint density at radius 3 is 1.62 bits per heavy atom. The Balaban J connectivity index is 1.47. The molecular weight excluding hydrogens is 527 g/mol. The van der Waals surface area contributed by atoms with Gasteiger partial charge in [0.25, 0.3) is 0 Å². The molecule has 3 nitrogen and oxygen atoms in total. The van der Waals surface area contributed by atoms with Gasteiger partial charge >= 0.3 is 0 Å². The quantitative estimate of drug-likeness (QED) is 0.167. The van der Waals surface area contributed by atoms with E-state index in [2.05, 4.69) is 156 Å². The van der Waals surface area contributed by atoms with Gasteiger partial charge in [0.15, 0.2) is 8.07 Å². The van der Waals surface area contributed by atoms with Crippen LogP contribution >= 0.6 is 0 Å². The molecule has 1 aromatic heterocycles. The van der Waals surface area contributed by atoms with Gasteiger partial charge in [-0.1, -0.05) is 133 Å². The summed E-state index contributed by atoms with van der Waals surface area (Å²) < 4.78 is 8.26. The average Bonchev–Trinajstić information content (AvgIpc) is 3.51. The summed E-state index contributed by atoms with van der Waals surface area (Å²) in [7, 11) is -1.73. The SMILES string of the molecule is CCOc1ccc([Si](Cn2ccnc2BC(c2ccccc2)c2ccccc2)(c2ccccc2)c2ccccc2)cc1. The molecule has 0 fully saturated rings. The lowest BCUT2D eigenvalue weighted by Gasteiger charge is -2.35. The molecule has 5 aromatic carbocycles.